The van der Waals surface area contributed by atoms with Gasteiger partial charge in [0.25, 0.3) is 5.91 Å². The number of fused-ring (bicyclic) bond motifs is 1. The average Bonchev–Trinajstić information content (AvgIpc) is 3.48. The normalized spacial score (nSPS) is 11.9. The van der Waals surface area contributed by atoms with Gasteiger partial charge in [-0.2, -0.15) is 5.10 Å². The topological polar surface area (TPSA) is 154 Å². The quantitative estimate of drug-likeness (QED) is 0.292. The molecule has 0 aliphatic rings. The highest BCUT2D eigenvalue weighted by Crippen LogP contribution is 2.43. The van der Waals surface area contributed by atoms with E-state index in [0.29, 0.717) is 27.5 Å². The molecular weight excluding hydrogens is 520 g/mol. The number of methoxy groups -OCH3 is 1. The summed E-state index contributed by atoms with van der Waals surface area (Å²) in [4.78, 5) is 38.2. The minimum Gasteiger partial charge on any atom is -0.496 e. The Balaban J connectivity index is 1.75. The van der Waals surface area contributed by atoms with Crippen molar-refractivity contribution >= 4 is 34.4 Å². The number of pyridine rings is 2. The number of carbonyl (C=O) groups is 1. The third kappa shape index (κ3) is 4.36. The summed E-state index contributed by atoms with van der Waals surface area (Å²) in [7, 11) is 3.13. The number of halogens is 1. The van der Waals surface area contributed by atoms with E-state index >= 15 is 0 Å². The Labute approximate surface area is 228 Å². The number of nitrogens with two attached hydrogens (primary N) is 1. The molecule has 11 nitrogen and oxygen atoms in total. The van der Waals surface area contributed by atoms with Crippen molar-refractivity contribution in [3.63, 3.8) is 0 Å². The third-order valence-electron chi connectivity index (χ3n) is 6.74. The number of anilines is 1. The largest absolute Gasteiger partial charge is 0.496 e. The number of carbonyl (C=O) groups excluding carboxylic acids is 1. The van der Waals surface area contributed by atoms with Gasteiger partial charge in [0.2, 0.25) is 5.43 Å². The molecule has 0 bridgehead atoms. The molecule has 1 aromatic carbocycles. The van der Waals surface area contributed by atoms with Crippen molar-refractivity contribution in [2.45, 2.75) is 19.9 Å². The first kappa shape index (κ1) is 25.9. The van der Waals surface area contributed by atoms with Crippen LogP contribution in [-0.4, -0.2) is 49.8 Å². The summed E-state index contributed by atoms with van der Waals surface area (Å²) >= 11 is 6.76. The fourth-order valence-corrected chi connectivity index (χ4v) is 4.88. The summed E-state index contributed by atoms with van der Waals surface area (Å²) in [6, 6.07) is 4.86. The third-order valence-corrected chi connectivity index (χ3v) is 7.13. The van der Waals surface area contributed by atoms with Crippen LogP contribution in [0.2, 0.25) is 5.02 Å². The lowest BCUT2D eigenvalue weighted by Gasteiger charge is -2.25. The van der Waals surface area contributed by atoms with Crippen LogP contribution in [0.3, 0.4) is 0 Å². The standard InChI is InChI=1S/C27H25ClN8O3/c1-13-19(28)7-17(24(39-4)21(13)15-5-6-20(31-8-15)27(38)30-3)14(2)36-11-18(16-9-34-35-10-16)23(37)22-25(29)32-12-33-26(22)36/h5-12,14H,1-4H3,(H,30,38)(H,34,35)(H2,29,32,33). The lowest BCUT2D eigenvalue weighted by molar-refractivity contribution is 0.0958. The van der Waals surface area contributed by atoms with Crippen LogP contribution in [0.15, 0.2) is 54.1 Å². The number of amides is 1. The molecule has 0 saturated carbocycles. The Bertz CT molecular complexity index is 1770. The minimum atomic E-state index is -0.419. The molecule has 0 saturated heterocycles. The number of ether oxygens (including phenoxy) is 1. The van der Waals surface area contributed by atoms with Gasteiger partial charge in [-0.3, -0.25) is 19.7 Å². The van der Waals surface area contributed by atoms with Crippen LogP contribution < -0.4 is 21.2 Å². The molecule has 5 aromatic rings. The molecule has 1 amide bonds. The van der Waals surface area contributed by atoms with E-state index < -0.39 is 6.04 Å². The highest BCUT2D eigenvalue weighted by molar-refractivity contribution is 6.32. The van der Waals surface area contributed by atoms with Crippen molar-refractivity contribution in [2.75, 3.05) is 19.9 Å². The van der Waals surface area contributed by atoms with E-state index in [1.54, 1.807) is 51.1 Å². The maximum Gasteiger partial charge on any atom is 0.269 e. The number of aromatic nitrogens is 6. The molecule has 1 unspecified atom stereocenters. The SMILES string of the molecule is CNC(=O)c1ccc(-c2c(C)c(Cl)cc(C(C)n3cc(-c4cn[nH]c4)c(=O)c4c(N)ncnc43)c2OC)cn1. The molecule has 4 aromatic heterocycles. The van der Waals surface area contributed by atoms with Gasteiger partial charge < -0.3 is 20.4 Å². The highest BCUT2D eigenvalue weighted by Gasteiger charge is 2.25. The number of hydrogen-bond acceptors (Lipinski definition) is 8. The van der Waals surface area contributed by atoms with Crippen LogP contribution in [0.25, 0.3) is 33.3 Å². The zero-order valence-electron chi connectivity index (χ0n) is 21.6. The van der Waals surface area contributed by atoms with E-state index in [-0.39, 0.29) is 28.2 Å². The van der Waals surface area contributed by atoms with Crippen molar-refractivity contribution in [3.05, 3.63) is 81.4 Å². The first-order chi connectivity index (χ1) is 18.8. The summed E-state index contributed by atoms with van der Waals surface area (Å²) in [6.45, 7) is 3.84. The molecule has 0 aliphatic heterocycles. The predicted molar refractivity (Wildman–Crippen MR) is 149 cm³/mol. The van der Waals surface area contributed by atoms with Gasteiger partial charge in [-0.25, -0.2) is 9.97 Å². The first-order valence-electron chi connectivity index (χ1n) is 12.0. The van der Waals surface area contributed by atoms with Gasteiger partial charge in [0, 0.05) is 58.5 Å². The van der Waals surface area contributed by atoms with E-state index in [4.69, 9.17) is 22.1 Å². The predicted octanol–water partition coefficient (Wildman–Crippen LogP) is 3.77. The molecule has 0 radical (unpaired) electrons. The minimum absolute atomic E-state index is 0.0770. The van der Waals surface area contributed by atoms with Gasteiger partial charge in [-0.15, -0.1) is 0 Å². The van der Waals surface area contributed by atoms with Gasteiger partial charge in [-0.05, 0) is 31.5 Å². The first-order valence-corrected chi connectivity index (χ1v) is 12.3. The van der Waals surface area contributed by atoms with Crippen molar-refractivity contribution < 1.29 is 9.53 Å². The second kappa shape index (κ2) is 10.2. The summed E-state index contributed by atoms with van der Waals surface area (Å²) in [5, 5.41) is 10.0. The molecule has 4 N–H and O–H groups in total. The zero-order chi connectivity index (χ0) is 27.8. The van der Waals surface area contributed by atoms with Gasteiger partial charge in [0.1, 0.15) is 34.6 Å². The maximum absolute atomic E-state index is 13.4. The Morgan fingerprint density at radius 3 is 2.64 bits per heavy atom. The Morgan fingerprint density at radius 1 is 1.21 bits per heavy atom. The number of nitrogens with zero attached hydrogens (tertiary/aromatic N) is 5. The smallest absolute Gasteiger partial charge is 0.269 e. The molecule has 1 atom stereocenters. The zero-order valence-corrected chi connectivity index (χ0v) is 22.4. The van der Waals surface area contributed by atoms with E-state index in [9.17, 15) is 9.59 Å². The van der Waals surface area contributed by atoms with E-state index in [1.807, 2.05) is 24.5 Å². The lowest BCUT2D eigenvalue weighted by atomic mass is 9.94. The molecule has 5 rings (SSSR count). The highest BCUT2D eigenvalue weighted by atomic mass is 35.5. The Morgan fingerprint density at radius 2 is 2.00 bits per heavy atom. The van der Waals surface area contributed by atoms with Crippen LogP contribution >= 0.6 is 11.6 Å². The Hall–Kier alpha value is -4.77. The number of benzene rings is 1. The number of H-pyrrole nitrogens is 1. The van der Waals surface area contributed by atoms with Crippen molar-refractivity contribution in [2.24, 2.45) is 0 Å². The van der Waals surface area contributed by atoms with Gasteiger partial charge in [-0.1, -0.05) is 17.7 Å². The summed E-state index contributed by atoms with van der Waals surface area (Å²) in [5.74, 6) is 0.358. The molecule has 12 heteroatoms. The summed E-state index contributed by atoms with van der Waals surface area (Å²) in [6.07, 6.45) is 7.85. The fraction of sp³-hybridized carbons (Fsp3) is 0.185. The molecule has 0 aliphatic carbocycles. The molecule has 4 heterocycles. The molecule has 198 valence electrons. The van der Waals surface area contributed by atoms with Gasteiger partial charge >= 0.3 is 0 Å². The molecule has 39 heavy (non-hydrogen) atoms. The second-order valence-electron chi connectivity index (χ2n) is 8.89. The van der Waals surface area contributed by atoms with Crippen LogP contribution in [0.4, 0.5) is 5.82 Å². The molecular formula is C27H25ClN8O3. The monoisotopic (exact) mass is 544 g/mol. The summed E-state index contributed by atoms with van der Waals surface area (Å²) < 4.78 is 7.80. The number of rotatable bonds is 6. The van der Waals surface area contributed by atoms with Crippen LogP contribution in [0.1, 0.15) is 34.6 Å². The number of nitrogen functional groups attached to an aromatic ring is 1. The van der Waals surface area contributed by atoms with Crippen LogP contribution in [0.5, 0.6) is 5.75 Å². The maximum atomic E-state index is 13.4. The number of hydrogen-bond donors (Lipinski definition) is 3. The second-order valence-corrected chi connectivity index (χ2v) is 9.30. The molecule has 0 spiro atoms. The average molecular weight is 545 g/mol. The number of aromatic amines is 1. The molecule has 0 fully saturated rings. The van der Waals surface area contributed by atoms with Crippen molar-refractivity contribution in [1.29, 1.82) is 0 Å². The Kier molecular flexibility index (Phi) is 6.75. The van der Waals surface area contributed by atoms with E-state index in [0.717, 1.165) is 22.3 Å². The van der Waals surface area contributed by atoms with Crippen LogP contribution in [-0.2, 0) is 0 Å². The van der Waals surface area contributed by atoms with Gasteiger partial charge in [0.05, 0.1) is 19.3 Å². The van der Waals surface area contributed by atoms with E-state index in [2.05, 4.69) is 30.5 Å². The van der Waals surface area contributed by atoms with E-state index in [1.165, 1.54) is 6.33 Å². The lowest BCUT2D eigenvalue weighted by Crippen LogP contribution is -2.19. The summed E-state index contributed by atoms with van der Waals surface area (Å²) in [5.41, 5.74) is 10.5. The number of nitrogens with one attached hydrogen (secondary N) is 2. The van der Waals surface area contributed by atoms with Crippen molar-refractivity contribution in [3.8, 4) is 28.0 Å². The van der Waals surface area contributed by atoms with Crippen molar-refractivity contribution in [1.82, 2.24) is 35.0 Å². The van der Waals surface area contributed by atoms with Gasteiger partial charge in [0.15, 0.2) is 0 Å². The fourth-order valence-electron chi connectivity index (χ4n) is 4.67. The van der Waals surface area contributed by atoms with Crippen LogP contribution in [0, 0.1) is 6.92 Å².